The topological polar surface area (TPSA) is 72.0 Å². The van der Waals surface area contributed by atoms with Crippen LogP contribution in [0.2, 0.25) is 5.15 Å². The van der Waals surface area contributed by atoms with Crippen molar-refractivity contribution in [3.63, 3.8) is 0 Å². The number of sulfonamides is 1. The number of rotatable bonds is 3. The molecule has 2 aromatic rings. The van der Waals surface area contributed by atoms with Gasteiger partial charge in [0.05, 0.1) is 17.3 Å². The summed E-state index contributed by atoms with van der Waals surface area (Å²) in [5.41, 5.74) is 0. The predicted octanol–water partition coefficient (Wildman–Crippen LogP) is 2.07. The van der Waals surface area contributed by atoms with Crippen LogP contribution in [0.5, 0.6) is 0 Å². The molecule has 1 heterocycles. The molecular weight excluding hydrogens is 281 g/mol. The maximum Gasteiger partial charge on any atom is 0.263 e. The molecule has 0 aliphatic carbocycles. The highest BCUT2D eigenvalue weighted by Crippen LogP contribution is 2.15. The van der Waals surface area contributed by atoms with E-state index in [9.17, 15) is 12.8 Å². The summed E-state index contributed by atoms with van der Waals surface area (Å²) in [6, 6.07) is 4.64. The predicted molar refractivity (Wildman–Crippen MR) is 64.3 cm³/mol. The molecule has 94 valence electrons. The first-order chi connectivity index (χ1) is 8.47. The van der Waals surface area contributed by atoms with Gasteiger partial charge in [-0.1, -0.05) is 17.7 Å². The van der Waals surface area contributed by atoms with Gasteiger partial charge in [0.25, 0.3) is 10.0 Å². The van der Waals surface area contributed by atoms with Crippen LogP contribution in [-0.4, -0.2) is 18.4 Å². The minimum Gasteiger partial charge on any atom is -0.262 e. The first kappa shape index (κ1) is 12.7. The first-order valence-electron chi connectivity index (χ1n) is 4.73. The standard InChI is InChI=1S/C10H7ClFN3O2S/c11-9-5-14-10(6-13-9)15-18(16,17)8-3-1-2-7(12)4-8/h1-6H,(H,14,15). The molecule has 0 saturated carbocycles. The molecule has 0 unspecified atom stereocenters. The summed E-state index contributed by atoms with van der Waals surface area (Å²) in [7, 11) is -3.88. The zero-order valence-electron chi connectivity index (χ0n) is 8.84. The van der Waals surface area contributed by atoms with Gasteiger partial charge in [-0.2, -0.15) is 0 Å². The smallest absolute Gasteiger partial charge is 0.262 e. The van der Waals surface area contributed by atoms with Crippen LogP contribution < -0.4 is 4.72 Å². The van der Waals surface area contributed by atoms with Crippen LogP contribution >= 0.6 is 11.6 Å². The van der Waals surface area contributed by atoms with E-state index in [1.165, 1.54) is 24.5 Å². The molecule has 1 N–H and O–H groups in total. The van der Waals surface area contributed by atoms with Crippen LogP contribution in [0.4, 0.5) is 10.2 Å². The van der Waals surface area contributed by atoms with Gasteiger partial charge >= 0.3 is 0 Å². The maximum absolute atomic E-state index is 13.0. The number of benzene rings is 1. The summed E-state index contributed by atoms with van der Waals surface area (Å²) in [4.78, 5) is 7.21. The molecule has 0 aliphatic heterocycles. The van der Waals surface area contributed by atoms with Crippen molar-refractivity contribution in [1.29, 1.82) is 0 Å². The molecule has 1 aromatic heterocycles. The van der Waals surface area contributed by atoms with E-state index >= 15 is 0 Å². The van der Waals surface area contributed by atoms with E-state index in [0.29, 0.717) is 0 Å². The summed E-state index contributed by atoms with van der Waals surface area (Å²) in [6.07, 6.45) is 2.37. The number of anilines is 1. The quantitative estimate of drug-likeness (QED) is 0.938. The maximum atomic E-state index is 13.0. The Morgan fingerprint density at radius 2 is 2.00 bits per heavy atom. The third kappa shape index (κ3) is 2.93. The largest absolute Gasteiger partial charge is 0.263 e. The average Bonchev–Trinajstić information content (AvgIpc) is 2.32. The second-order valence-corrected chi connectivity index (χ2v) is 5.36. The van der Waals surface area contributed by atoms with Crippen molar-refractivity contribution >= 4 is 27.4 Å². The molecule has 0 atom stereocenters. The van der Waals surface area contributed by atoms with Crippen molar-refractivity contribution in [2.45, 2.75) is 4.90 Å². The zero-order chi connectivity index (χ0) is 13.2. The number of halogens is 2. The van der Waals surface area contributed by atoms with Gasteiger partial charge in [-0.3, -0.25) is 4.72 Å². The lowest BCUT2D eigenvalue weighted by Crippen LogP contribution is -2.14. The van der Waals surface area contributed by atoms with E-state index in [-0.39, 0.29) is 15.9 Å². The highest BCUT2D eigenvalue weighted by Gasteiger charge is 2.15. The van der Waals surface area contributed by atoms with Crippen LogP contribution in [0.25, 0.3) is 0 Å². The number of nitrogens with one attached hydrogen (secondary N) is 1. The molecule has 0 spiro atoms. The highest BCUT2D eigenvalue weighted by molar-refractivity contribution is 7.92. The highest BCUT2D eigenvalue weighted by atomic mass is 35.5. The Hall–Kier alpha value is -1.73. The van der Waals surface area contributed by atoms with Gasteiger partial charge in [0.15, 0.2) is 5.82 Å². The van der Waals surface area contributed by atoms with Crippen molar-refractivity contribution in [1.82, 2.24) is 9.97 Å². The van der Waals surface area contributed by atoms with Crippen molar-refractivity contribution in [2.75, 3.05) is 4.72 Å². The first-order valence-corrected chi connectivity index (χ1v) is 6.59. The molecule has 0 saturated heterocycles. The van der Waals surface area contributed by atoms with Crippen molar-refractivity contribution in [3.8, 4) is 0 Å². The molecule has 0 amide bonds. The molecule has 0 bridgehead atoms. The third-order valence-corrected chi connectivity index (χ3v) is 3.51. The molecule has 18 heavy (non-hydrogen) atoms. The van der Waals surface area contributed by atoms with Gasteiger partial charge < -0.3 is 0 Å². The molecule has 8 heteroatoms. The Bertz CT molecular complexity index is 661. The van der Waals surface area contributed by atoms with Crippen molar-refractivity contribution in [2.24, 2.45) is 0 Å². The van der Waals surface area contributed by atoms with Crippen LogP contribution in [0.1, 0.15) is 0 Å². The van der Waals surface area contributed by atoms with Gasteiger partial charge in [-0.25, -0.2) is 22.8 Å². The van der Waals surface area contributed by atoms with E-state index in [2.05, 4.69) is 14.7 Å². The number of hydrogen-bond acceptors (Lipinski definition) is 4. The normalized spacial score (nSPS) is 11.2. The summed E-state index contributed by atoms with van der Waals surface area (Å²) in [5.74, 6) is -0.635. The van der Waals surface area contributed by atoms with Crippen LogP contribution in [0.15, 0.2) is 41.6 Å². The zero-order valence-corrected chi connectivity index (χ0v) is 10.4. The minimum absolute atomic E-state index is 0.00339. The van der Waals surface area contributed by atoms with Crippen molar-refractivity contribution in [3.05, 3.63) is 47.6 Å². The van der Waals surface area contributed by atoms with E-state index in [1.54, 1.807) is 0 Å². The Kier molecular flexibility index (Phi) is 3.44. The number of nitrogens with zero attached hydrogens (tertiary/aromatic N) is 2. The van der Waals surface area contributed by atoms with Gasteiger partial charge in [0.1, 0.15) is 11.0 Å². The van der Waals surface area contributed by atoms with Crippen molar-refractivity contribution < 1.29 is 12.8 Å². The van der Waals surface area contributed by atoms with E-state index < -0.39 is 15.8 Å². The average molecular weight is 288 g/mol. The Labute approximate surface area is 108 Å². The Morgan fingerprint density at radius 3 is 2.61 bits per heavy atom. The summed E-state index contributed by atoms with van der Waals surface area (Å²) < 4.78 is 38.8. The summed E-state index contributed by atoms with van der Waals surface area (Å²) >= 11 is 5.52. The van der Waals surface area contributed by atoms with E-state index in [1.807, 2.05) is 0 Å². The fourth-order valence-corrected chi connectivity index (χ4v) is 2.32. The summed E-state index contributed by atoms with van der Waals surface area (Å²) in [6.45, 7) is 0. The minimum atomic E-state index is -3.88. The molecule has 0 aliphatic rings. The van der Waals surface area contributed by atoms with E-state index in [0.717, 1.165) is 12.1 Å². The lowest BCUT2D eigenvalue weighted by molar-refractivity contribution is 0.595. The lowest BCUT2D eigenvalue weighted by Gasteiger charge is -2.06. The van der Waals surface area contributed by atoms with Gasteiger partial charge in [-0.05, 0) is 18.2 Å². The second kappa shape index (κ2) is 4.87. The molecule has 0 fully saturated rings. The molecule has 0 radical (unpaired) electrons. The third-order valence-electron chi connectivity index (χ3n) is 1.97. The van der Waals surface area contributed by atoms with Crippen LogP contribution in [0.3, 0.4) is 0 Å². The van der Waals surface area contributed by atoms with Gasteiger partial charge in [0.2, 0.25) is 0 Å². The molecule has 5 nitrogen and oxygen atoms in total. The molecule has 2 rings (SSSR count). The van der Waals surface area contributed by atoms with Gasteiger partial charge in [0, 0.05) is 0 Å². The Balaban J connectivity index is 2.30. The second-order valence-electron chi connectivity index (χ2n) is 3.29. The fraction of sp³-hybridized carbons (Fsp3) is 0. The number of aromatic nitrogens is 2. The Morgan fingerprint density at radius 1 is 1.22 bits per heavy atom. The van der Waals surface area contributed by atoms with Gasteiger partial charge in [-0.15, -0.1) is 0 Å². The molecule has 1 aromatic carbocycles. The van der Waals surface area contributed by atoms with Crippen LogP contribution in [0, 0.1) is 5.82 Å². The number of hydrogen-bond donors (Lipinski definition) is 1. The molecular formula is C10H7ClFN3O2S. The van der Waals surface area contributed by atoms with Crippen LogP contribution in [-0.2, 0) is 10.0 Å². The monoisotopic (exact) mass is 287 g/mol. The SMILES string of the molecule is O=S(=O)(Nc1cnc(Cl)cn1)c1cccc(F)c1. The fourth-order valence-electron chi connectivity index (χ4n) is 1.20. The lowest BCUT2D eigenvalue weighted by atomic mass is 10.4. The summed E-state index contributed by atoms with van der Waals surface area (Å²) in [5, 5.41) is 0.142. The van der Waals surface area contributed by atoms with E-state index in [4.69, 9.17) is 11.6 Å².